The molecule has 0 spiro atoms. The summed E-state index contributed by atoms with van der Waals surface area (Å²) in [4.78, 5) is 23.5. The van der Waals surface area contributed by atoms with Crippen LogP contribution in [0, 0.1) is 5.82 Å². The summed E-state index contributed by atoms with van der Waals surface area (Å²) in [6.45, 7) is -0.387. The van der Waals surface area contributed by atoms with Crippen molar-refractivity contribution in [1.29, 1.82) is 0 Å². The van der Waals surface area contributed by atoms with E-state index in [0.29, 0.717) is 5.56 Å². The number of carbonyl (C=O) groups is 2. The Bertz CT molecular complexity index is 737. The van der Waals surface area contributed by atoms with Gasteiger partial charge in [0.1, 0.15) is 0 Å². The molecule has 2 N–H and O–H groups in total. The number of benzene rings is 2. The van der Waals surface area contributed by atoms with Gasteiger partial charge in [-0.1, -0.05) is 23.7 Å². The van der Waals surface area contributed by atoms with Crippen LogP contribution in [0.5, 0.6) is 5.75 Å². The van der Waals surface area contributed by atoms with Crippen molar-refractivity contribution in [2.75, 3.05) is 19.0 Å². The summed E-state index contributed by atoms with van der Waals surface area (Å²) in [6, 6.07) is 10.2. The van der Waals surface area contributed by atoms with E-state index in [0.717, 1.165) is 0 Å². The fourth-order valence-electron chi connectivity index (χ4n) is 1.80. The maximum atomic E-state index is 13.4. The lowest BCUT2D eigenvalue weighted by molar-refractivity contribution is -0.118. The fourth-order valence-corrected chi connectivity index (χ4v) is 1.96. The van der Waals surface area contributed by atoms with Crippen molar-refractivity contribution in [3.63, 3.8) is 0 Å². The number of para-hydroxylation sites is 1. The van der Waals surface area contributed by atoms with E-state index < -0.39 is 11.7 Å². The van der Waals surface area contributed by atoms with Crippen LogP contribution in [0.1, 0.15) is 10.4 Å². The molecular formula is C16H14ClFN2O3. The Balaban J connectivity index is 2.02. The van der Waals surface area contributed by atoms with Gasteiger partial charge in [0.05, 0.1) is 10.7 Å². The molecule has 120 valence electrons. The Morgan fingerprint density at radius 1 is 1.22 bits per heavy atom. The van der Waals surface area contributed by atoms with E-state index in [2.05, 4.69) is 10.6 Å². The third-order valence-electron chi connectivity index (χ3n) is 2.93. The molecule has 0 fully saturated rings. The molecule has 0 aliphatic heterocycles. The van der Waals surface area contributed by atoms with Crippen molar-refractivity contribution in [3.8, 4) is 5.75 Å². The number of halogens is 2. The van der Waals surface area contributed by atoms with Crippen molar-refractivity contribution in [1.82, 2.24) is 5.32 Å². The summed E-state index contributed by atoms with van der Waals surface area (Å²) in [5, 5.41) is 5.27. The summed E-state index contributed by atoms with van der Waals surface area (Å²) in [5.74, 6) is -1.41. The van der Waals surface area contributed by atoms with Gasteiger partial charge in [0, 0.05) is 12.6 Å². The van der Waals surface area contributed by atoms with Crippen molar-refractivity contribution >= 4 is 29.1 Å². The highest BCUT2D eigenvalue weighted by Crippen LogP contribution is 2.23. The number of nitrogens with one attached hydrogen (secondary N) is 2. The second kappa shape index (κ2) is 7.60. The molecule has 0 heterocycles. The number of carbonyl (C=O) groups excluding carboxylic acids is 2. The lowest BCUT2D eigenvalue weighted by atomic mass is 10.2. The Hall–Kier alpha value is -2.60. The van der Waals surface area contributed by atoms with E-state index in [1.807, 2.05) is 0 Å². The minimum atomic E-state index is -0.556. The quantitative estimate of drug-likeness (QED) is 0.882. The number of anilines is 1. The molecule has 2 amide bonds. The van der Waals surface area contributed by atoms with Crippen LogP contribution < -0.4 is 15.4 Å². The molecule has 23 heavy (non-hydrogen) atoms. The summed E-state index contributed by atoms with van der Waals surface area (Å²) in [6.07, 6.45) is 0. The molecule has 0 atom stereocenters. The second-order valence-corrected chi connectivity index (χ2v) is 4.95. The maximum Gasteiger partial charge on any atom is 0.262 e. The zero-order valence-electron chi connectivity index (χ0n) is 12.2. The monoisotopic (exact) mass is 336 g/mol. The Kier molecular flexibility index (Phi) is 5.54. The van der Waals surface area contributed by atoms with E-state index in [1.165, 1.54) is 43.4 Å². The van der Waals surface area contributed by atoms with Crippen LogP contribution >= 0.6 is 11.6 Å². The molecule has 0 aliphatic carbocycles. The van der Waals surface area contributed by atoms with Gasteiger partial charge in [-0.05, 0) is 30.3 Å². The molecule has 0 aliphatic rings. The first-order chi connectivity index (χ1) is 11.0. The predicted octanol–water partition coefficient (Wildman–Crippen LogP) is 2.86. The Labute approximate surface area is 137 Å². The summed E-state index contributed by atoms with van der Waals surface area (Å²) in [7, 11) is 1.50. The minimum Gasteiger partial charge on any atom is -0.481 e. The maximum absolute atomic E-state index is 13.4. The van der Waals surface area contributed by atoms with Crippen LogP contribution in [-0.4, -0.2) is 25.5 Å². The van der Waals surface area contributed by atoms with Gasteiger partial charge in [-0.25, -0.2) is 4.39 Å². The lowest BCUT2D eigenvalue weighted by Crippen LogP contribution is -2.22. The van der Waals surface area contributed by atoms with E-state index in [1.54, 1.807) is 6.07 Å². The van der Waals surface area contributed by atoms with E-state index >= 15 is 0 Å². The number of hydrogen-bond donors (Lipinski definition) is 2. The van der Waals surface area contributed by atoms with Crippen molar-refractivity contribution in [3.05, 3.63) is 58.9 Å². The van der Waals surface area contributed by atoms with Crippen LogP contribution in [0.25, 0.3) is 0 Å². The first-order valence-electron chi connectivity index (χ1n) is 6.70. The molecule has 7 heteroatoms. The molecule has 2 aromatic rings. The highest BCUT2D eigenvalue weighted by atomic mass is 35.5. The van der Waals surface area contributed by atoms with Gasteiger partial charge in [0.25, 0.3) is 11.8 Å². The average Bonchev–Trinajstić information content (AvgIpc) is 2.55. The van der Waals surface area contributed by atoms with Crippen molar-refractivity contribution in [2.45, 2.75) is 0 Å². The minimum absolute atomic E-state index is 0.0205. The zero-order chi connectivity index (χ0) is 16.8. The first-order valence-corrected chi connectivity index (χ1v) is 7.08. The van der Waals surface area contributed by atoms with E-state index in [-0.39, 0.29) is 29.0 Å². The highest BCUT2D eigenvalue weighted by molar-refractivity contribution is 6.33. The lowest BCUT2D eigenvalue weighted by Gasteiger charge is -2.10. The molecule has 0 saturated heterocycles. The third kappa shape index (κ3) is 4.43. The topological polar surface area (TPSA) is 67.4 Å². The van der Waals surface area contributed by atoms with Gasteiger partial charge < -0.3 is 15.4 Å². The van der Waals surface area contributed by atoms with Gasteiger partial charge in [0.15, 0.2) is 18.2 Å². The summed E-state index contributed by atoms with van der Waals surface area (Å²) in [5.41, 5.74) is 0.622. The van der Waals surface area contributed by atoms with Crippen LogP contribution in [0.4, 0.5) is 10.1 Å². The Morgan fingerprint density at radius 2 is 1.96 bits per heavy atom. The van der Waals surface area contributed by atoms with Crippen LogP contribution in [-0.2, 0) is 4.79 Å². The van der Waals surface area contributed by atoms with Gasteiger partial charge in [-0.3, -0.25) is 9.59 Å². The molecule has 0 unspecified atom stereocenters. The molecule has 0 aromatic heterocycles. The number of amides is 2. The van der Waals surface area contributed by atoms with E-state index in [4.69, 9.17) is 16.3 Å². The molecule has 0 bridgehead atoms. The van der Waals surface area contributed by atoms with Crippen molar-refractivity contribution < 1.29 is 18.7 Å². The molecular weight excluding hydrogens is 323 g/mol. The smallest absolute Gasteiger partial charge is 0.262 e. The van der Waals surface area contributed by atoms with Gasteiger partial charge in [-0.15, -0.1) is 0 Å². The summed E-state index contributed by atoms with van der Waals surface area (Å²) < 4.78 is 18.5. The van der Waals surface area contributed by atoms with Crippen molar-refractivity contribution in [2.24, 2.45) is 0 Å². The molecule has 0 saturated carbocycles. The van der Waals surface area contributed by atoms with Crippen LogP contribution in [0.3, 0.4) is 0 Å². The normalized spacial score (nSPS) is 10.0. The van der Waals surface area contributed by atoms with Crippen LogP contribution in [0.15, 0.2) is 42.5 Å². The largest absolute Gasteiger partial charge is 0.481 e. The fraction of sp³-hybridized carbons (Fsp3) is 0.125. The molecule has 2 rings (SSSR count). The SMILES string of the molecule is CNC(=O)c1ccc(Cl)c(NC(=O)COc2ccccc2F)c1. The number of hydrogen-bond acceptors (Lipinski definition) is 3. The third-order valence-corrected chi connectivity index (χ3v) is 3.25. The van der Waals surface area contributed by atoms with Gasteiger partial charge in [-0.2, -0.15) is 0 Å². The second-order valence-electron chi connectivity index (χ2n) is 4.54. The van der Waals surface area contributed by atoms with E-state index in [9.17, 15) is 14.0 Å². The first kappa shape index (κ1) is 16.8. The standard InChI is InChI=1S/C16H14ClFN2O3/c1-19-16(22)10-6-7-11(17)13(8-10)20-15(21)9-23-14-5-3-2-4-12(14)18/h2-8H,9H2,1H3,(H,19,22)(H,20,21). The van der Waals surface area contributed by atoms with Gasteiger partial charge >= 0.3 is 0 Å². The highest BCUT2D eigenvalue weighted by Gasteiger charge is 2.11. The zero-order valence-corrected chi connectivity index (χ0v) is 13.0. The molecule has 0 radical (unpaired) electrons. The molecule has 2 aromatic carbocycles. The van der Waals surface area contributed by atoms with Gasteiger partial charge in [0.2, 0.25) is 0 Å². The summed E-state index contributed by atoms with van der Waals surface area (Å²) >= 11 is 5.98. The number of rotatable bonds is 5. The number of ether oxygens (including phenoxy) is 1. The molecule has 5 nitrogen and oxygen atoms in total. The average molecular weight is 337 g/mol. The van der Waals surface area contributed by atoms with Crippen LogP contribution in [0.2, 0.25) is 5.02 Å². The Morgan fingerprint density at radius 3 is 2.65 bits per heavy atom. The predicted molar refractivity (Wildman–Crippen MR) is 85.4 cm³/mol.